The van der Waals surface area contributed by atoms with Crippen LogP contribution >= 0.6 is 11.6 Å². The van der Waals surface area contributed by atoms with Crippen molar-refractivity contribution >= 4 is 17.4 Å². The summed E-state index contributed by atoms with van der Waals surface area (Å²) in [4.78, 5) is 22.9. The highest BCUT2D eigenvalue weighted by molar-refractivity contribution is 6.33. The first-order valence-electron chi connectivity index (χ1n) is 11.9. The van der Waals surface area contributed by atoms with E-state index in [4.69, 9.17) is 16.6 Å². The molecule has 2 aliphatic heterocycles. The van der Waals surface area contributed by atoms with Crippen molar-refractivity contribution in [2.24, 2.45) is 0 Å². The predicted molar refractivity (Wildman–Crippen MR) is 135 cm³/mol. The minimum atomic E-state index is -4.41. The zero-order valence-corrected chi connectivity index (χ0v) is 20.4. The summed E-state index contributed by atoms with van der Waals surface area (Å²) < 4.78 is 39.3. The molecule has 2 fully saturated rings. The minimum absolute atomic E-state index is 0.292. The van der Waals surface area contributed by atoms with Gasteiger partial charge in [-0.2, -0.15) is 13.2 Å². The van der Waals surface area contributed by atoms with Crippen LogP contribution in [-0.4, -0.2) is 50.0 Å². The molecule has 188 valence electrons. The molecule has 6 rings (SSSR count). The number of pyridine rings is 2. The Morgan fingerprint density at radius 3 is 2.41 bits per heavy atom. The number of hydrogen-bond acceptors (Lipinski definition) is 6. The molecule has 6 nitrogen and oxygen atoms in total. The van der Waals surface area contributed by atoms with Crippen molar-refractivity contribution in [2.75, 3.05) is 18.0 Å². The molecule has 2 bridgehead atoms. The minimum Gasteiger partial charge on any atom is -0.349 e. The van der Waals surface area contributed by atoms with E-state index in [1.54, 1.807) is 18.5 Å². The molecule has 3 aromatic heterocycles. The van der Waals surface area contributed by atoms with Crippen LogP contribution in [0, 0.1) is 0 Å². The Hall–Kier alpha value is -3.56. The lowest BCUT2D eigenvalue weighted by molar-refractivity contribution is -0.137. The summed E-state index contributed by atoms with van der Waals surface area (Å²) in [5.74, 6) is 0.725. The van der Waals surface area contributed by atoms with E-state index in [9.17, 15) is 13.2 Å². The Morgan fingerprint density at radius 1 is 0.892 bits per heavy atom. The summed E-state index contributed by atoms with van der Waals surface area (Å²) in [5.41, 5.74) is 2.47. The fraction of sp³-hybridized carbons (Fsp3) is 0.259. The van der Waals surface area contributed by atoms with E-state index in [1.165, 1.54) is 18.3 Å². The highest BCUT2D eigenvalue weighted by Crippen LogP contribution is 2.39. The molecule has 0 radical (unpaired) electrons. The van der Waals surface area contributed by atoms with Crippen molar-refractivity contribution in [3.8, 4) is 22.5 Å². The molecule has 2 saturated heterocycles. The third kappa shape index (κ3) is 4.65. The molecule has 0 saturated carbocycles. The van der Waals surface area contributed by atoms with Gasteiger partial charge in [0.2, 0.25) is 0 Å². The molecule has 2 atom stereocenters. The Balaban J connectivity index is 1.31. The second kappa shape index (κ2) is 9.39. The van der Waals surface area contributed by atoms with E-state index >= 15 is 0 Å². The number of piperazine rings is 1. The van der Waals surface area contributed by atoms with Crippen LogP contribution in [0.2, 0.25) is 5.02 Å². The summed E-state index contributed by atoms with van der Waals surface area (Å²) in [7, 11) is 0. The van der Waals surface area contributed by atoms with Crippen LogP contribution in [0.1, 0.15) is 17.7 Å². The van der Waals surface area contributed by atoms with Gasteiger partial charge in [0.1, 0.15) is 11.5 Å². The Bertz CT molecular complexity index is 1410. The van der Waals surface area contributed by atoms with Crippen LogP contribution in [0.5, 0.6) is 0 Å². The van der Waals surface area contributed by atoms with Gasteiger partial charge in [0.15, 0.2) is 0 Å². The largest absolute Gasteiger partial charge is 0.416 e. The number of halogens is 4. The average Bonchev–Trinajstić information content (AvgIpc) is 3.50. The molecule has 2 unspecified atom stereocenters. The van der Waals surface area contributed by atoms with Crippen molar-refractivity contribution in [3.05, 3.63) is 89.6 Å². The van der Waals surface area contributed by atoms with Gasteiger partial charge in [-0.25, -0.2) is 4.98 Å². The van der Waals surface area contributed by atoms with Gasteiger partial charge >= 0.3 is 6.18 Å². The van der Waals surface area contributed by atoms with Gasteiger partial charge in [0.25, 0.3) is 0 Å². The second-order valence-corrected chi connectivity index (χ2v) is 9.71. The van der Waals surface area contributed by atoms with Gasteiger partial charge in [-0.1, -0.05) is 29.8 Å². The molecule has 5 heterocycles. The Kier molecular flexibility index (Phi) is 6.04. The van der Waals surface area contributed by atoms with Gasteiger partial charge in [0, 0.05) is 61.4 Å². The van der Waals surface area contributed by atoms with Crippen LogP contribution in [0.3, 0.4) is 0 Å². The molecule has 0 spiro atoms. The third-order valence-corrected chi connectivity index (χ3v) is 7.31. The van der Waals surface area contributed by atoms with E-state index in [2.05, 4.69) is 24.8 Å². The summed E-state index contributed by atoms with van der Waals surface area (Å²) in [6.45, 7) is 2.52. The molecule has 2 aliphatic rings. The number of alkyl halides is 3. The highest BCUT2D eigenvalue weighted by atomic mass is 35.5. The summed E-state index contributed by atoms with van der Waals surface area (Å²) >= 11 is 6.47. The van der Waals surface area contributed by atoms with Crippen LogP contribution in [-0.2, 0) is 12.7 Å². The average molecular weight is 523 g/mol. The summed E-state index contributed by atoms with van der Waals surface area (Å²) in [5, 5.41) is 0.395. The van der Waals surface area contributed by atoms with Crippen LogP contribution in [0.4, 0.5) is 19.0 Å². The number of benzene rings is 1. The van der Waals surface area contributed by atoms with E-state index < -0.39 is 11.7 Å². The standard InChI is InChI=1S/C27H22ClF3N6/c28-23-12-32-10-8-22(23)26-25(17-4-6-18(7-5-17)27(29,30)31)34-13-24(35-26)37-16-20-11-21(37)15-36(20)14-19-3-1-2-9-33-19/h1-10,12-13,20-21H,11,14-16H2. The molecule has 10 heteroatoms. The molecule has 37 heavy (non-hydrogen) atoms. The van der Waals surface area contributed by atoms with Gasteiger partial charge in [-0.15, -0.1) is 0 Å². The number of hydrogen-bond donors (Lipinski definition) is 0. The monoisotopic (exact) mass is 522 g/mol. The number of likely N-dealkylation sites (tertiary alicyclic amines) is 1. The molecule has 0 amide bonds. The van der Waals surface area contributed by atoms with E-state index in [0.29, 0.717) is 39.6 Å². The molecule has 0 N–H and O–H groups in total. The maximum atomic E-state index is 13.1. The second-order valence-electron chi connectivity index (χ2n) is 9.30. The van der Waals surface area contributed by atoms with Gasteiger partial charge in [-0.05, 0) is 36.8 Å². The molecular formula is C27H22ClF3N6. The number of nitrogens with zero attached hydrogens (tertiary/aromatic N) is 6. The number of anilines is 1. The lowest BCUT2D eigenvalue weighted by Crippen LogP contribution is -2.46. The molecular weight excluding hydrogens is 501 g/mol. The number of rotatable bonds is 5. The summed E-state index contributed by atoms with van der Waals surface area (Å²) in [6.07, 6.45) is 3.27. The van der Waals surface area contributed by atoms with Crippen LogP contribution < -0.4 is 4.90 Å². The lowest BCUT2D eigenvalue weighted by Gasteiger charge is -2.34. The topological polar surface area (TPSA) is 58.0 Å². The van der Waals surface area contributed by atoms with Crippen molar-refractivity contribution in [3.63, 3.8) is 0 Å². The maximum Gasteiger partial charge on any atom is 0.416 e. The lowest BCUT2D eigenvalue weighted by atomic mass is 10.0. The zero-order valence-electron chi connectivity index (χ0n) is 19.6. The molecule has 0 aliphatic carbocycles. The van der Waals surface area contributed by atoms with Crippen LogP contribution in [0.15, 0.2) is 73.3 Å². The normalized spacial score (nSPS) is 19.5. The van der Waals surface area contributed by atoms with Gasteiger partial charge < -0.3 is 4.90 Å². The van der Waals surface area contributed by atoms with E-state index in [-0.39, 0.29) is 0 Å². The van der Waals surface area contributed by atoms with Gasteiger partial charge in [-0.3, -0.25) is 19.9 Å². The van der Waals surface area contributed by atoms with Crippen LogP contribution in [0.25, 0.3) is 22.5 Å². The maximum absolute atomic E-state index is 13.1. The smallest absolute Gasteiger partial charge is 0.349 e. The van der Waals surface area contributed by atoms with Crippen molar-refractivity contribution in [1.29, 1.82) is 0 Å². The van der Waals surface area contributed by atoms with Crippen molar-refractivity contribution < 1.29 is 13.2 Å². The fourth-order valence-electron chi connectivity index (χ4n) is 5.22. The quantitative estimate of drug-likeness (QED) is 0.333. The Labute approximate surface area is 216 Å². The molecule has 4 aromatic rings. The first-order chi connectivity index (χ1) is 17.9. The fourth-order valence-corrected chi connectivity index (χ4v) is 5.43. The Morgan fingerprint density at radius 2 is 1.73 bits per heavy atom. The molecule has 1 aromatic carbocycles. The number of aromatic nitrogens is 4. The van der Waals surface area contributed by atoms with E-state index in [1.807, 2.05) is 24.4 Å². The summed E-state index contributed by atoms with van der Waals surface area (Å²) in [6, 6.07) is 13.3. The third-order valence-electron chi connectivity index (χ3n) is 7.01. The first-order valence-corrected chi connectivity index (χ1v) is 12.3. The van der Waals surface area contributed by atoms with Gasteiger partial charge in [0.05, 0.1) is 28.2 Å². The highest BCUT2D eigenvalue weighted by Gasteiger charge is 2.44. The first kappa shape index (κ1) is 23.8. The predicted octanol–water partition coefficient (Wildman–Crippen LogP) is 5.74. The zero-order chi connectivity index (χ0) is 25.6. The van der Waals surface area contributed by atoms with E-state index in [0.717, 1.165) is 49.7 Å². The van der Waals surface area contributed by atoms with Crippen molar-refractivity contribution in [2.45, 2.75) is 31.2 Å². The SMILES string of the molecule is FC(F)(F)c1ccc(-c2ncc(N3CC4CC3CN4Cc3ccccn3)nc2-c2ccncc2Cl)cc1. The number of fused-ring (bicyclic) bond motifs is 2. The van der Waals surface area contributed by atoms with Crippen molar-refractivity contribution in [1.82, 2.24) is 24.8 Å².